The molecule has 0 unspecified atom stereocenters. The van der Waals surface area contributed by atoms with Crippen LogP contribution in [0.5, 0.6) is 0 Å². The number of halogens is 1. The molecule has 0 bridgehead atoms. The number of hydrogen-bond donors (Lipinski definition) is 1. The largest absolute Gasteiger partial charge is 0.464 e. The van der Waals surface area contributed by atoms with Gasteiger partial charge in [-0.2, -0.15) is 0 Å². The maximum Gasteiger partial charge on any atom is 0.123 e. The van der Waals surface area contributed by atoms with E-state index in [1.165, 1.54) is 0 Å². The van der Waals surface area contributed by atoms with E-state index < -0.39 is 0 Å². The summed E-state index contributed by atoms with van der Waals surface area (Å²) in [6.07, 6.45) is 0. The number of aryl methyl sites for hydroxylation is 1. The molecule has 19 heavy (non-hydrogen) atoms. The molecule has 0 aliphatic rings. The number of benzene rings is 1. The number of nitrogens with zero attached hydrogens (tertiary/aromatic N) is 1. The molecule has 0 amide bonds. The predicted molar refractivity (Wildman–Crippen MR) is 79.6 cm³/mol. The number of furan rings is 1. The highest BCUT2D eigenvalue weighted by Crippen LogP contribution is 2.29. The molecule has 2 rings (SSSR count). The fourth-order valence-electron chi connectivity index (χ4n) is 2.00. The van der Waals surface area contributed by atoms with E-state index in [1.54, 1.807) is 0 Å². The lowest BCUT2D eigenvalue weighted by Gasteiger charge is -2.20. The van der Waals surface area contributed by atoms with Crippen molar-refractivity contribution in [2.45, 2.75) is 26.4 Å². The van der Waals surface area contributed by atoms with E-state index in [9.17, 15) is 0 Å². The van der Waals surface area contributed by atoms with E-state index in [1.807, 2.05) is 51.2 Å². The van der Waals surface area contributed by atoms with Gasteiger partial charge in [0.1, 0.15) is 11.5 Å². The van der Waals surface area contributed by atoms with E-state index in [0.29, 0.717) is 11.6 Å². The second-order valence-corrected chi connectivity index (χ2v) is 5.28. The van der Waals surface area contributed by atoms with Gasteiger partial charge < -0.3 is 15.1 Å². The van der Waals surface area contributed by atoms with Crippen molar-refractivity contribution in [2.75, 3.05) is 11.9 Å². The van der Waals surface area contributed by atoms with Crippen LogP contribution in [0.4, 0.5) is 5.69 Å². The minimum absolute atomic E-state index is 0.00965. The Morgan fingerprint density at radius 2 is 2.05 bits per heavy atom. The molecule has 2 aromatic rings. The molecule has 2 N–H and O–H groups in total. The summed E-state index contributed by atoms with van der Waals surface area (Å²) in [5.74, 6) is 1.84. The van der Waals surface area contributed by atoms with Crippen molar-refractivity contribution >= 4 is 17.3 Å². The van der Waals surface area contributed by atoms with Crippen LogP contribution in [-0.4, -0.2) is 7.05 Å². The highest BCUT2D eigenvalue weighted by molar-refractivity contribution is 6.33. The second-order valence-electron chi connectivity index (χ2n) is 4.87. The molecule has 0 saturated carbocycles. The third kappa shape index (κ3) is 3.31. The van der Waals surface area contributed by atoms with Crippen LogP contribution in [-0.2, 0) is 6.54 Å². The Hall–Kier alpha value is -1.45. The van der Waals surface area contributed by atoms with Gasteiger partial charge in [0.15, 0.2) is 0 Å². The van der Waals surface area contributed by atoms with E-state index in [-0.39, 0.29) is 6.04 Å². The first kappa shape index (κ1) is 14.0. The fourth-order valence-corrected chi connectivity index (χ4v) is 2.34. The summed E-state index contributed by atoms with van der Waals surface area (Å²) in [5.41, 5.74) is 7.86. The number of hydrogen-bond acceptors (Lipinski definition) is 3. The molecule has 1 aromatic carbocycles. The minimum atomic E-state index is -0.00965. The van der Waals surface area contributed by atoms with E-state index in [4.69, 9.17) is 21.8 Å². The fraction of sp³-hybridized carbons (Fsp3) is 0.333. The zero-order valence-electron chi connectivity index (χ0n) is 11.5. The highest BCUT2D eigenvalue weighted by atomic mass is 35.5. The van der Waals surface area contributed by atoms with Gasteiger partial charge in [0.25, 0.3) is 0 Å². The zero-order valence-corrected chi connectivity index (χ0v) is 12.2. The van der Waals surface area contributed by atoms with Crippen LogP contribution in [0.25, 0.3) is 0 Å². The van der Waals surface area contributed by atoms with Crippen molar-refractivity contribution in [1.29, 1.82) is 0 Å². The predicted octanol–water partition coefficient (Wildman–Crippen LogP) is 3.90. The molecule has 0 saturated heterocycles. The van der Waals surface area contributed by atoms with Gasteiger partial charge in [-0.15, -0.1) is 0 Å². The van der Waals surface area contributed by atoms with Crippen LogP contribution in [0.2, 0.25) is 5.02 Å². The van der Waals surface area contributed by atoms with Gasteiger partial charge in [-0.05, 0) is 43.7 Å². The van der Waals surface area contributed by atoms with E-state index in [0.717, 1.165) is 22.8 Å². The van der Waals surface area contributed by atoms with Crippen LogP contribution >= 0.6 is 11.6 Å². The monoisotopic (exact) mass is 278 g/mol. The minimum Gasteiger partial charge on any atom is -0.464 e. The van der Waals surface area contributed by atoms with Crippen LogP contribution in [0.3, 0.4) is 0 Å². The van der Waals surface area contributed by atoms with E-state index in [2.05, 4.69) is 4.90 Å². The van der Waals surface area contributed by atoms with Gasteiger partial charge in [0, 0.05) is 13.1 Å². The quantitative estimate of drug-likeness (QED) is 0.922. The average molecular weight is 279 g/mol. The highest BCUT2D eigenvalue weighted by Gasteiger charge is 2.10. The Morgan fingerprint density at radius 1 is 1.32 bits per heavy atom. The van der Waals surface area contributed by atoms with Crippen molar-refractivity contribution < 1.29 is 4.42 Å². The Bertz CT molecular complexity index is 563. The number of anilines is 1. The third-order valence-electron chi connectivity index (χ3n) is 3.10. The van der Waals surface area contributed by atoms with Crippen molar-refractivity contribution in [1.82, 2.24) is 0 Å². The molecule has 0 aliphatic heterocycles. The van der Waals surface area contributed by atoms with Crippen LogP contribution in [0.1, 0.15) is 30.0 Å². The lowest BCUT2D eigenvalue weighted by molar-refractivity contribution is 0.482. The van der Waals surface area contributed by atoms with Crippen molar-refractivity contribution in [3.05, 3.63) is 52.4 Å². The van der Waals surface area contributed by atoms with Crippen molar-refractivity contribution in [3.63, 3.8) is 0 Å². The van der Waals surface area contributed by atoms with Gasteiger partial charge in [-0.3, -0.25) is 0 Å². The summed E-state index contributed by atoms with van der Waals surface area (Å²) in [5, 5.41) is 0.709. The molecule has 1 aromatic heterocycles. The maximum atomic E-state index is 6.31. The Morgan fingerprint density at radius 3 is 2.58 bits per heavy atom. The standard InChI is InChI=1S/C15H19ClN2O/c1-10-4-6-13(19-10)9-18(3)15-7-5-12(11(2)17)8-14(15)16/h4-8,11H,9,17H2,1-3H3/t11-/m0/s1. The first-order valence-electron chi connectivity index (χ1n) is 6.29. The lowest BCUT2D eigenvalue weighted by Crippen LogP contribution is -2.16. The molecule has 4 heteroatoms. The maximum absolute atomic E-state index is 6.31. The molecule has 1 heterocycles. The van der Waals surface area contributed by atoms with Crippen molar-refractivity contribution in [3.8, 4) is 0 Å². The number of nitrogens with two attached hydrogens (primary N) is 1. The van der Waals surface area contributed by atoms with Crippen LogP contribution in [0, 0.1) is 6.92 Å². The smallest absolute Gasteiger partial charge is 0.123 e. The molecule has 0 aliphatic carbocycles. The van der Waals surface area contributed by atoms with Gasteiger partial charge in [-0.1, -0.05) is 17.7 Å². The molecule has 102 valence electrons. The molecule has 0 spiro atoms. The van der Waals surface area contributed by atoms with E-state index >= 15 is 0 Å². The lowest BCUT2D eigenvalue weighted by atomic mass is 10.1. The molecule has 1 atom stereocenters. The van der Waals surface area contributed by atoms with Crippen molar-refractivity contribution in [2.24, 2.45) is 5.73 Å². The summed E-state index contributed by atoms with van der Waals surface area (Å²) >= 11 is 6.31. The van der Waals surface area contributed by atoms with Gasteiger partial charge in [0.05, 0.1) is 17.3 Å². The topological polar surface area (TPSA) is 42.4 Å². The SMILES string of the molecule is Cc1ccc(CN(C)c2ccc([C@H](C)N)cc2Cl)o1. The Kier molecular flexibility index (Phi) is 4.17. The summed E-state index contributed by atoms with van der Waals surface area (Å²) in [6.45, 7) is 4.57. The van der Waals surface area contributed by atoms with Crippen LogP contribution < -0.4 is 10.6 Å². The Labute approximate surface area is 119 Å². The molecular weight excluding hydrogens is 260 g/mol. The average Bonchev–Trinajstić information content (AvgIpc) is 2.74. The summed E-state index contributed by atoms with van der Waals surface area (Å²) in [6, 6.07) is 9.86. The Balaban J connectivity index is 2.17. The first-order chi connectivity index (χ1) is 8.97. The van der Waals surface area contributed by atoms with Gasteiger partial charge in [-0.25, -0.2) is 0 Å². The summed E-state index contributed by atoms with van der Waals surface area (Å²) in [4.78, 5) is 2.06. The van der Waals surface area contributed by atoms with Gasteiger partial charge in [0.2, 0.25) is 0 Å². The number of rotatable bonds is 4. The molecular formula is C15H19ClN2O. The normalized spacial score (nSPS) is 12.5. The van der Waals surface area contributed by atoms with Gasteiger partial charge >= 0.3 is 0 Å². The molecule has 0 radical (unpaired) electrons. The first-order valence-corrected chi connectivity index (χ1v) is 6.66. The molecule has 0 fully saturated rings. The van der Waals surface area contributed by atoms with Crippen LogP contribution in [0.15, 0.2) is 34.7 Å². The zero-order chi connectivity index (χ0) is 14.0. The third-order valence-corrected chi connectivity index (χ3v) is 3.40. The summed E-state index contributed by atoms with van der Waals surface area (Å²) in [7, 11) is 1.99. The second kappa shape index (κ2) is 5.68. The summed E-state index contributed by atoms with van der Waals surface area (Å²) < 4.78 is 5.57. The molecule has 3 nitrogen and oxygen atoms in total.